The Morgan fingerprint density at radius 2 is 1.92 bits per heavy atom. The van der Waals surface area contributed by atoms with Gasteiger partial charge < -0.3 is 15.5 Å². The molecule has 136 valence electrons. The number of piperazine rings is 1. The molecule has 1 aliphatic rings. The van der Waals surface area contributed by atoms with Crippen LogP contribution in [-0.4, -0.2) is 41.2 Å². The van der Waals surface area contributed by atoms with Gasteiger partial charge in [0.05, 0.1) is 6.54 Å². The molecule has 0 spiro atoms. The van der Waals surface area contributed by atoms with E-state index in [-0.39, 0.29) is 24.2 Å². The second-order valence-corrected chi connectivity index (χ2v) is 6.46. The zero-order chi connectivity index (χ0) is 18.5. The number of anilines is 1. The maximum Gasteiger partial charge on any atom is 0.242 e. The van der Waals surface area contributed by atoms with E-state index in [9.17, 15) is 14.0 Å². The fourth-order valence-electron chi connectivity index (χ4n) is 3.11. The number of aryl methyl sites for hydroxylation is 1. The van der Waals surface area contributed by atoms with Gasteiger partial charge in [0.1, 0.15) is 5.82 Å². The molecule has 1 saturated heterocycles. The number of nitrogens with two attached hydrogens (primary N) is 1. The Morgan fingerprint density at radius 3 is 2.65 bits per heavy atom. The Labute approximate surface area is 152 Å². The van der Waals surface area contributed by atoms with Gasteiger partial charge in [-0.2, -0.15) is 0 Å². The number of rotatable bonds is 5. The Balaban J connectivity index is 1.52. The summed E-state index contributed by atoms with van der Waals surface area (Å²) in [4.78, 5) is 28.0. The average Bonchev–Trinajstić information content (AvgIpc) is 2.62. The van der Waals surface area contributed by atoms with Crippen molar-refractivity contribution in [2.75, 3.05) is 25.4 Å². The zero-order valence-corrected chi connectivity index (χ0v) is 14.5. The van der Waals surface area contributed by atoms with Crippen LogP contribution >= 0.6 is 0 Å². The molecule has 0 radical (unpaired) electrons. The average molecular weight is 355 g/mol. The molecule has 1 fully saturated rings. The first kappa shape index (κ1) is 17.9. The summed E-state index contributed by atoms with van der Waals surface area (Å²) in [6, 6.07) is 13.7. The van der Waals surface area contributed by atoms with Crippen LogP contribution in [0.5, 0.6) is 0 Å². The van der Waals surface area contributed by atoms with Crippen molar-refractivity contribution in [3.63, 3.8) is 0 Å². The number of benzene rings is 2. The third-order valence-electron chi connectivity index (χ3n) is 4.60. The second-order valence-electron chi connectivity index (χ2n) is 6.46. The Morgan fingerprint density at radius 1 is 1.12 bits per heavy atom. The first-order chi connectivity index (χ1) is 12.5. The number of amides is 2. The first-order valence-corrected chi connectivity index (χ1v) is 8.66. The molecule has 1 heterocycles. The number of hydrogen-bond donors (Lipinski definition) is 1. The molecule has 0 saturated carbocycles. The van der Waals surface area contributed by atoms with Crippen molar-refractivity contribution in [3.8, 4) is 0 Å². The van der Waals surface area contributed by atoms with Crippen molar-refractivity contribution >= 4 is 17.5 Å². The lowest BCUT2D eigenvalue weighted by Gasteiger charge is -2.34. The summed E-state index contributed by atoms with van der Waals surface area (Å²) < 4.78 is 13.3. The summed E-state index contributed by atoms with van der Waals surface area (Å²) in [5, 5.41) is 0. The standard InChI is InChI=1S/C20H22FN3O2/c21-17-6-3-4-15(12-17)13-23-10-11-24(14-20(23)26)19(25)9-8-16-5-1-2-7-18(16)22/h1-7,12H,8-11,13-14,22H2. The van der Waals surface area contributed by atoms with Crippen LogP contribution in [0.3, 0.4) is 0 Å². The summed E-state index contributed by atoms with van der Waals surface area (Å²) in [7, 11) is 0. The number of carbonyl (C=O) groups excluding carboxylic acids is 2. The molecule has 6 heteroatoms. The summed E-state index contributed by atoms with van der Waals surface area (Å²) in [5.41, 5.74) is 8.26. The third-order valence-corrected chi connectivity index (χ3v) is 4.60. The highest BCUT2D eigenvalue weighted by molar-refractivity contribution is 5.86. The van der Waals surface area contributed by atoms with E-state index in [4.69, 9.17) is 5.73 Å². The van der Waals surface area contributed by atoms with E-state index in [1.165, 1.54) is 12.1 Å². The molecular formula is C20H22FN3O2. The maximum atomic E-state index is 13.3. The number of nitrogen functional groups attached to an aromatic ring is 1. The molecular weight excluding hydrogens is 333 g/mol. The SMILES string of the molecule is Nc1ccccc1CCC(=O)N1CCN(Cc2cccc(F)c2)C(=O)C1. The fraction of sp³-hybridized carbons (Fsp3) is 0.300. The molecule has 0 atom stereocenters. The van der Waals surface area contributed by atoms with Gasteiger partial charge in [-0.1, -0.05) is 30.3 Å². The van der Waals surface area contributed by atoms with Gasteiger partial charge in [-0.05, 0) is 35.7 Å². The van der Waals surface area contributed by atoms with Gasteiger partial charge in [0, 0.05) is 31.7 Å². The Hall–Kier alpha value is -2.89. The van der Waals surface area contributed by atoms with Crippen molar-refractivity contribution < 1.29 is 14.0 Å². The number of carbonyl (C=O) groups is 2. The van der Waals surface area contributed by atoms with Crippen LogP contribution in [0.1, 0.15) is 17.5 Å². The summed E-state index contributed by atoms with van der Waals surface area (Å²) in [5.74, 6) is -0.482. The lowest BCUT2D eigenvalue weighted by Crippen LogP contribution is -2.51. The minimum absolute atomic E-state index is 0.0491. The van der Waals surface area contributed by atoms with Crippen LogP contribution in [0.2, 0.25) is 0 Å². The number of nitrogens with zero attached hydrogens (tertiary/aromatic N) is 2. The minimum Gasteiger partial charge on any atom is -0.399 e. The third kappa shape index (κ3) is 4.39. The predicted molar refractivity (Wildman–Crippen MR) is 97.6 cm³/mol. The number of para-hydroxylation sites is 1. The van der Waals surface area contributed by atoms with Crippen molar-refractivity contribution in [1.29, 1.82) is 0 Å². The molecule has 1 aliphatic heterocycles. The summed E-state index contributed by atoms with van der Waals surface area (Å²) in [6.45, 7) is 1.37. The topological polar surface area (TPSA) is 66.6 Å². The van der Waals surface area contributed by atoms with Crippen molar-refractivity contribution in [2.24, 2.45) is 0 Å². The summed E-state index contributed by atoms with van der Waals surface area (Å²) in [6.07, 6.45) is 0.884. The lowest BCUT2D eigenvalue weighted by atomic mass is 10.1. The molecule has 0 aliphatic carbocycles. The number of hydrogen-bond acceptors (Lipinski definition) is 3. The van der Waals surface area contributed by atoms with E-state index < -0.39 is 0 Å². The highest BCUT2D eigenvalue weighted by atomic mass is 19.1. The highest BCUT2D eigenvalue weighted by Crippen LogP contribution is 2.15. The van der Waals surface area contributed by atoms with Gasteiger partial charge in [0.25, 0.3) is 0 Å². The maximum absolute atomic E-state index is 13.3. The van der Waals surface area contributed by atoms with Crippen LogP contribution in [0.25, 0.3) is 0 Å². The normalized spacial score (nSPS) is 14.6. The van der Waals surface area contributed by atoms with E-state index in [1.807, 2.05) is 24.3 Å². The quantitative estimate of drug-likeness (QED) is 0.837. The zero-order valence-electron chi connectivity index (χ0n) is 14.5. The van der Waals surface area contributed by atoms with E-state index >= 15 is 0 Å². The van der Waals surface area contributed by atoms with Gasteiger partial charge in [-0.3, -0.25) is 9.59 Å². The van der Waals surface area contributed by atoms with Gasteiger partial charge in [-0.25, -0.2) is 4.39 Å². The van der Waals surface area contributed by atoms with Crippen LogP contribution < -0.4 is 5.73 Å². The molecule has 26 heavy (non-hydrogen) atoms. The number of halogens is 1. The predicted octanol–water partition coefficient (Wildman–Crippen LogP) is 2.21. The molecule has 0 unspecified atom stereocenters. The molecule has 2 aromatic carbocycles. The van der Waals surface area contributed by atoms with E-state index in [1.54, 1.807) is 21.9 Å². The smallest absolute Gasteiger partial charge is 0.242 e. The molecule has 5 nitrogen and oxygen atoms in total. The van der Waals surface area contributed by atoms with Gasteiger partial charge in [0.2, 0.25) is 11.8 Å². The molecule has 2 N–H and O–H groups in total. The van der Waals surface area contributed by atoms with Crippen molar-refractivity contribution in [3.05, 3.63) is 65.5 Å². The molecule has 0 aromatic heterocycles. The highest BCUT2D eigenvalue weighted by Gasteiger charge is 2.26. The van der Waals surface area contributed by atoms with Crippen LogP contribution in [-0.2, 0) is 22.6 Å². The van der Waals surface area contributed by atoms with Gasteiger partial charge in [-0.15, -0.1) is 0 Å². The lowest BCUT2D eigenvalue weighted by molar-refractivity contribution is -0.145. The second kappa shape index (κ2) is 7.99. The first-order valence-electron chi connectivity index (χ1n) is 8.66. The fourth-order valence-corrected chi connectivity index (χ4v) is 3.11. The monoisotopic (exact) mass is 355 g/mol. The molecule has 3 rings (SSSR count). The van der Waals surface area contributed by atoms with E-state index in [2.05, 4.69) is 0 Å². The Bertz CT molecular complexity index is 809. The summed E-state index contributed by atoms with van der Waals surface area (Å²) >= 11 is 0. The molecule has 2 aromatic rings. The largest absolute Gasteiger partial charge is 0.399 e. The van der Waals surface area contributed by atoms with Gasteiger partial charge in [0.15, 0.2) is 0 Å². The van der Waals surface area contributed by atoms with E-state index in [0.29, 0.717) is 38.2 Å². The van der Waals surface area contributed by atoms with Crippen molar-refractivity contribution in [2.45, 2.75) is 19.4 Å². The minimum atomic E-state index is -0.316. The molecule has 2 amide bonds. The van der Waals surface area contributed by atoms with E-state index in [0.717, 1.165) is 11.1 Å². The van der Waals surface area contributed by atoms with Crippen LogP contribution in [0, 0.1) is 5.82 Å². The Kier molecular flexibility index (Phi) is 5.51. The van der Waals surface area contributed by atoms with Crippen LogP contribution in [0.15, 0.2) is 48.5 Å². The molecule has 0 bridgehead atoms. The van der Waals surface area contributed by atoms with Gasteiger partial charge >= 0.3 is 0 Å². The van der Waals surface area contributed by atoms with Crippen molar-refractivity contribution in [1.82, 2.24) is 9.80 Å². The van der Waals surface area contributed by atoms with Crippen LogP contribution in [0.4, 0.5) is 10.1 Å².